The van der Waals surface area contributed by atoms with Crippen LogP contribution < -0.4 is 10.5 Å². The first kappa shape index (κ1) is 19.9. The fraction of sp³-hybridized carbons (Fsp3) is 0.261. The van der Waals surface area contributed by atoms with Gasteiger partial charge >= 0.3 is 5.97 Å². The monoisotopic (exact) mass is 431 g/mol. The normalized spacial score (nSPS) is 13.9. The number of carbonyl (C=O) groups is 2. The van der Waals surface area contributed by atoms with Crippen LogP contribution in [0.25, 0.3) is 16.7 Å². The SMILES string of the molecule is Cc1ccc2c(c1)c(=O)n(C)c1nnc(COC(=O)c3cccc(N4CCCC4=O)c3)n21. The third-order valence-corrected chi connectivity index (χ3v) is 5.74. The lowest BCUT2D eigenvalue weighted by atomic mass is 10.1. The highest BCUT2D eigenvalue weighted by Crippen LogP contribution is 2.23. The lowest BCUT2D eigenvalue weighted by molar-refractivity contribution is -0.117. The molecule has 1 aliphatic rings. The predicted molar refractivity (Wildman–Crippen MR) is 118 cm³/mol. The molecule has 1 amide bonds. The standard InChI is InChI=1S/C23H21N5O4/c1-14-8-9-18-17(11-14)21(30)26(2)23-25-24-19(28(18)23)13-32-22(31)15-5-3-6-16(12-15)27-10-4-7-20(27)29/h3,5-6,8-9,11-12H,4,7,10,13H2,1-2H3. The fourth-order valence-electron chi connectivity index (χ4n) is 4.09. The summed E-state index contributed by atoms with van der Waals surface area (Å²) in [7, 11) is 1.63. The van der Waals surface area contributed by atoms with Crippen LogP contribution >= 0.6 is 0 Å². The van der Waals surface area contributed by atoms with Gasteiger partial charge in [-0.2, -0.15) is 0 Å². The third kappa shape index (κ3) is 3.22. The molecule has 0 bridgehead atoms. The van der Waals surface area contributed by atoms with Crippen molar-refractivity contribution in [3.8, 4) is 0 Å². The summed E-state index contributed by atoms with van der Waals surface area (Å²) in [6.45, 7) is 2.45. The Labute approximate surface area is 182 Å². The molecule has 0 atom stereocenters. The van der Waals surface area contributed by atoms with E-state index in [1.165, 1.54) is 4.57 Å². The minimum atomic E-state index is -0.528. The summed E-state index contributed by atoms with van der Waals surface area (Å²) in [5.74, 6) is 0.300. The third-order valence-electron chi connectivity index (χ3n) is 5.74. The molecule has 0 radical (unpaired) electrons. The number of hydrogen-bond donors (Lipinski definition) is 0. The van der Waals surface area contributed by atoms with Crippen LogP contribution in [0.1, 0.15) is 34.6 Å². The Kier molecular flexibility index (Phi) is 4.73. The average Bonchev–Trinajstić information content (AvgIpc) is 3.42. The van der Waals surface area contributed by atoms with E-state index < -0.39 is 5.97 Å². The molecule has 1 aliphatic heterocycles. The number of hydrogen-bond acceptors (Lipinski definition) is 6. The number of carbonyl (C=O) groups excluding carboxylic acids is 2. The summed E-state index contributed by atoms with van der Waals surface area (Å²) < 4.78 is 8.67. The Morgan fingerprint density at radius 3 is 2.75 bits per heavy atom. The molecule has 3 heterocycles. The van der Waals surface area contributed by atoms with E-state index in [4.69, 9.17) is 4.74 Å². The van der Waals surface area contributed by atoms with Crippen molar-refractivity contribution < 1.29 is 14.3 Å². The van der Waals surface area contributed by atoms with Gasteiger partial charge in [0.15, 0.2) is 12.4 Å². The number of fused-ring (bicyclic) bond motifs is 3. The quantitative estimate of drug-likeness (QED) is 0.460. The second-order valence-corrected chi connectivity index (χ2v) is 7.91. The van der Waals surface area contributed by atoms with Crippen molar-refractivity contribution in [2.75, 3.05) is 11.4 Å². The van der Waals surface area contributed by atoms with Crippen LogP contribution in [0.2, 0.25) is 0 Å². The molecule has 0 saturated carbocycles. The smallest absolute Gasteiger partial charge is 0.338 e. The van der Waals surface area contributed by atoms with E-state index in [1.54, 1.807) is 40.6 Å². The number of benzene rings is 2. The first-order chi connectivity index (χ1) is 15.4. The summed E-state index contributed by atoms with van der Waals surface area (Å²) in [4.78, 5) is 39.1. The minimum absolute atomic E-state index is 0.0539. The fourth-order valence-corrected chi connectivity index (χ4v) is 4.09. The predicted octanol–water partition coefficient (Wildman–Crippen LogP) is 2.37. The highest BCUT2D eigenvalue weighted by atomic mass is 16.5. The van der Waals surface area contributed by atoms with Gasteiger partial charge in [0.05, 0.1) is 16.5 Å². The Morgan fingerprint density at radius 2 is 1.97 bits per heavy atom. The number of aromatic nitrogens is 4. The molecule has 2 aromatic heterocycles. The molecule has 5 rings (SSSR count). The summed E-state index contributed by atoms with van der Waals surface area (Å²) >= 11 is 0. The molecule has 0 aliphatic carbocycles. The minimum Gasteiger partial charge on any atom is -0.454 e. The van der Waals surface area contributed by atoms with Gasteiger partial charge in [0.1, 0.15) is 0 Å². The Morgan fingerprint density at radius 1 is 1.12 bits per heavy atom. The Hall–Kier alpha value is -4.01. The van der Waals surface area contributed by atoms with Crippen molar-refractivity contribution in [1.82, 2.24) is 19.2 Å². The number of nitrogens with zero attached hydrogens (tertiary/aromatic N) is 5. The van der Waals surface area contributed by atoms with Gasteiger partial charge in [-0.3, -0.25) is 18.6 Å². The van der Waals surface area contributed by atoms with Crippen LogP contribution in [-0.2, 0) is 23.2 Å². The Bertz CT molecular complexity index is 1450. The first-order valence-electron chi connectivity index (χ1n) is 10.3. The van der Waals surface area contributed by atoms with E-state index in [0.29, 0.717) is 46.7 Å². The molecule has 1 fully saturated rings. The lowest BCUT2D eigenvalue weighted by Crippen LogP contribution is -2.24. The van der Waals surface area contributed by atoms with Gasteiger partial charge in [-0.1, -0.05) is 17.7 Å². The second-order valence-electron chi connectivity index (χ2n) is 7.91. The van der Waals surface area contributed by atoms with Crippen molar-refractivity contribution in [1.29, 1.82) is 0 Å². The first-order valence-corrected chi connectivity index (χ1v) is 10.3. The number of esters is 1. The number of ether oxygens (including phenoxy) is 1. The maximum atomic E-state index is 12.7. The Balaban J connectivity index is 1.45. The molecule has 0 N–H and O–H groups in total. The van der Waals surface area contributed by atoms with Crippen LogP contribution in [-0.4, -0.2) is 37.6 Å². The van der Waals surface area contributed by atoms with Gasteiger partial charge < -0.3 is 9.64 Å². The van der Waals surface area contributed by atoms with Gasteiger partial charge in [0, 0.05) is 25.7 Å². The molecule has 32 heavy (non-hydrogen) atoms. The summed E-state index contributed by atoms with van der Waals surface area (Å²) in [5.41, 5.74) is 2.49. The van der Waals surface area contributed by atoms with Crippen LogP contribution in [0.15, 0.2) is 47.3 Å². The molecule has 0 spiro atoms. The molecule has 1 saturated heterocycles. The summed E-state index contributed by atoms with van der Waals surface area (Å²) in [5, 5.41) is 8.80. The van der Waals surface area contributed by atoms with Crippen molar-refractivity contribution >= 4 is 34.2 Å². The number of anilines is 1. The average molecular weight is 431 g/mol. The van der Waals surface area contributed by atoms with Gasteiger partial charge in [-0.05, 0) is 43.7 Å². The number of rotatable bonds is 4. The highest BCUT2D eigenvalue weighted by molar-refractivity contribution is 5.97. The van der Waals surface area contributed by atoms with Gasteiger partial charge in [-0.15, -0.1) is 10.2 Å². The van der Waals surface area contributed by atoms with E-state index in [2.05, 4.69) is 10.2 Å². The van der Waals surface area contributed by atoms with E-state index in [9.17, 15) is 14.4 Å². The molecule has 162 valence electrons. The zero-order chi connectivity index (χ0) is 22.4. The van der Waals surface area contributed by atoms with E-state index in [-0.39, 0.29) is 18.1 Å². The van der Waals surface area contributed by atoms with Crippen molar-refractivity contribution in [3.05, 3.63) is 69.8 Å². The van der Waals surface area contributed by atoms with Crippen molar-refractivity contribution in [3.63, 3.8) is 0 Å². The second kappa shape index (κ2) is 7.60. The molecular weight excluding hydrogens is 410 g/mol. The van der Waals surface area contributed by atoms with E-state index in [0.717, 1.165) is 12.0 Å². The van der Waals surface area contributed by atoms with E-state index >= 15 is 0 Å². The van der Waals surface area contributed by atoms with Crippen LogP contribution in [0.4, 0.5) is 5.69 Å². The largest absolute Gasteiger partial charge is 0.454 e. The maximum Gasteiger partial charge on any atom is 0.338 e. The van der Waals surface area contributed by atoms with Gasteiger partial charge in [0.2, 0.25) is 11.7 Å². The van der Waals surface area contributed by atoms with Gasteiger partial charge in [-0.25, -0.2) is 4.79 Å². The van der Waals surface area contributed by atoms with Crippen molar-refractivity contribution in [2.45, 2.75) is 26.4 Å². The molecular formula is C23H21N5O4. The molecule has 0 unspecified atom stereocenters. The molecule has 4 aromatic rings. The molecule has 2 aromatic carbocycles. The topological polar surface area (TPSA) is 98.8 Å². The van der Waals surface area contributed by atoms with Gasteiger partial charge in [0.25, 0.3) is 5.56 Å². The summed E-state index contributed by atoms with van der Waals surface area (Å²) in [6.07, 6.45) is 1.33. The number of amides is 1. The molecule has 9 heteroatoms. The molecule has 9 nitrogen and oxygen atoms in total. The zero-order valence-electron chi connectivity index (χ0n) is 17.7. The maximum absolute atomic E-state index is 12.7. The number of aryl methyl sites for hydroxylation is 2. The van der Waals surface area contributed by atoms with Crippen LogP contribution in [0.5, 0.6) is 0 Å². The highest BCUT2D eigenvalue weighted by Gasteiger charge is 2.23. The lowest BCUT2D eigenvalue weighted by Gasteiger charge is -2.16. The van der Waals surface area contributed by atoms with Crippen molar-refractivity contribution in [2.24, 2.45) is 7.05 Å². The van der Waals surface area contributed by atoms with Crippen LogP contribution in [0, 0.1) is 6.92 Å². The van der Waals surface area contributed by atoms with Crippen LogP contribution in [0.3, 0.4) is 0 Å². The zero-order valence-corrected chi connectivity index (χ0v) is 17.7. The summed E-state index contributed by atoms with van der Waals surface area (Å²) in [6, 6.07) is 12.4. The van der Waals surface area contributed by atoms with E-state index in [1.807, 2.05) is 25.1 Å².